The number of carbonyl (C=O) groups is 4. The van der Waals surface area contributed by atoms with Crippen molar-refractivity contribution < 1.29 is 53.8 Å². The first kappa shape index (κ1) is 33.5. The predicted octanol–water partition coefficient (Wildman–Crippen LogP) is 1.56. The molecule has 0 unspecified atom stereocenters. The third kappa shape index (κ3) is 5.45. The van der Waals surface area contributed by atoms with Crippen molar-refractivity contribution in [2.45, 2.75) is 95.7 Å². The van der Waals surface area contributed by atoms with Crippen LogP contribution in [0.4, 0.5) is 0 Å². The van der Waals surface area contributed by atoms with Crippen molar-refractivity contribution in [3.8, 4) is 17.2 Å². The molecular formula is C33H40N2O11. The van der Waals surface area contributed by atoms with Gasteiger partial charge in [0.15, 0.2) is 17.9 Å². The van der Waals surface area contributed by atoms with Gasteiger partial charge in [0.1, 0.15) is 29.0 Å². The van der Waals surface area contributed by atoms with E-state index in [1.54, 1.807) is 6.92 Å². The summed E-state index contributed by atoms with van der Waals surface area (Å²) >= 11 is 0. The zero-order chi connectivity index (χ0) is 33.8. The molecule has 0 aromatic heterocycles. The number of phenols is 2. The van der Waals surface area contributed by atoms with Crippen molar-refractivity contribution in [2.75, 3.05) is 7.11 Å². The van der Waals surface area contributed by atoms with Crippen LogP contribution in [0.15, 0.2) is 18.2 Å². The molecule has 2 aliphatic carbocycles. The third-order valence-corrected chi connectivity index (χ3v) is 9.64. The lowest BCUT2D eigenvalue weighted by atomic mass is 9.72. The summed E-state index contributed by atoms with van der Waals surface area (Å²) < 4.78 is 17.4. The van der Waals surface area contributed by atoms with Gasteiger partial charge in [0, 0.05) is 36.0 Å². The van der Waals surface area contributed by atoms with Crippen LogP contribution in [0.1, 0.15) is 96.0 Å². The summed E-state index contributed by atoms with van der Waals surface area (Å²) in [7, 11) is 1.33. The number of aliphatic hydroxyl groups excluding tert-OH is 1. The van der Waals surface area contributed by atoms with Crippen LogP contribution in [0.2, 0.25) is 0 Å². The molecule has 2 aromatic carbocycles. The summed E-state index contributed by atoms with van der Waals surface area (Å²) in [6, 6.07) is 2.73. The number of aliphatic hydroxyl groups is 2. The Morgan fingerprint density at radius 2 is 1.83 bits per heavy atom. The van der Waals surface area contributed by atoms with E-state index in [0.29, 0.717) is 6.42 Å². The molecule has 5 rings (SSSR count). The fourth-order valence-corrected chi connectivity index (χ4v) is 6.56. The average Bonchev–Trinajstić information content (AvgIpc) is 3.02. The van der Waals surface area contributed by atoms with E-state index in [1.165, 1.54) is 25.3 Å². The fraction of sp³-hybridized carbons (Fsp3) is 0.515. The number of carbonyl (C=O) groups excluding carboxylic acids is 4. The highest BCUT2D eigenvalue weighted by molar-refractivity contribution is 6.31. The number of fused-ring (bicyclic) bond motifs is 3. The van der Waals surface area contributed by atoms with Gasteiger partial charge in [-0.2, -0.15) is 0 Å². The summed E-state index contributed by atoms with van der Waals surface area (Å²) in [6.45, 7) is 6.48. The van der Waals surface area contributed by atoms with Gasteiger partial charge in [0.05, 0.1) is 48.1 Å². The molecule has 13 nitrogen and oxygen atoms in total. The molecule has 8 atom stereocenters. The van der Waals surface area contributed by atoms with Crippen molar-refractivity contribution in [2.24, 2.45) is 11.7 Å². The van der Waals surface area contributed by atoms with Crippen LogP contribution in [-0.2, 0) is 25.5 Å². The zero-order valence-corrected chi connectivity index (χ0v) is 26.3. The van der Waals surface area contributed by atoms with E-state index < -0.39 is 101 Å². The highest BCUT2D eigenvalue weighted by Crippen LogP contribution is 2.52. The predicted molar refractivity (Wildman–Crippen MR) is 162 cm³/mol. The van der Waals surface area contributed by atoms with Gasteiger partial charge in [-0.3, -0.25) is 19.2 Å². The van der Waals surface area contributed by atoms with Crippen LogP contribution in [-0.4, -0.2) is 87.0 Å². The Balaban J connectivity index is 1.56. The van der Waals surface area contributed by atoms with E-state index in [-0.39, 0.29) is 40.3 Å². The molecule has 1 amide bonds. The smallest absolute Gasteiger partial charge is 0.237 e. The number of benzene rings is 2. The maximum absolute atomic E-state index is 13.8. The van der Waals surface area contributed by atoms with Gasteiger partial charge >= 0.3 is 0 Å². The first-order valence-electron chi connectivity index (χ1n) is 15.3. The molecule has 3 aliphatic rings. The number of rotatable bonds is 8. The number of hydrogen-bond donors (Lipinski definition) is 6. The summed E-state index contributed by atoms with van der Waals surface area (Å²) in [5.41, 5.74) is 2.75. The average molecular weight is 641 g/mol. The molecule has 0 radical (unpaired) electrons. The molecule has 1 heterocycles. The second-order valence-corrected chi connectivity index (χ2v) is 12.5. The van der Waals surface area contributed by atoms with Gasteiger partial charge in [0.25, 0.3) is 0 Å². The number of nitrogens with one attached hydrogen (secondary N) is 1. The Kier molecular flexibility index (Phi) is 9.01. The Morgan fingerprint density at radius 3 is 2.46 bits per heavy atom. The normalized spacial score (nSPS) is 28.4. The molecule has 1 fully saturated rings. The minimum Gasteiger partial charge on any atom is -0.507 e. The second kappa shape index (κ2) is 12.4. The summed E-state index contributed by atoms with van der Waals surface area (Å²) in [4.78, 5) is 53.0. The molecule has 0 spiro atoms. The molecule has 7 N–H and O–H groups in total. The summed E-state index contributed by atoms with van der Waals surface area (Å²) in [6.07, 6.45) is -4.71. The van der Waals surface area contributed by atoms with E-state index in [1.807, 2.05) is 13.8 Å². The number of phenolic OH excluding ortho intramolecular Hbond substituents is 2. The van der Waals surface area contributed by atoms with Gasteiger partial charge in [-0.25, -0.2) is 0 Å². The maximum Gasteiger partial charge on any atom is 0.237 e. The van der Waals surface area contributed by atoms with Crippen molar-refractivity contribution in [3.05, 3.63) is 51.6 Å². The Bertz CT molecular complexity index is 1610. The van der Waals surface area contributed by atoms with E-state index >= 15 is 0 Å². The lowest BCUT2D eigenvalue weighted by Crippen LogP contribution is -2.58. The minimum atomic E-state index is -2.07. The van der Waals surface area contributed by atoms with Crippen LogP contribution in [0.3, 0.4) is 0 Å². The number of nitrogens with two attached hydrogens (primary N) is 1. The van der Waals surface area contributed by atoms with Crippen LogP contribution >= 0.6 is 0 Å². The number of Topliss-reactive ketones (excluding diaryl/α,β-unsaturated/α-hetero) is 1. The van der Waals surface area contributed by atoms with Crippen LogP contribution < -0.4 is 15.8 Å². The Hall–Kier alpha value is -3.88. The number of methoxy groups -OCH3 is 1. The number of ketones is 3. The highest BCUT2D eigenvalue weighted by atomic mass is 16.7. The van der Waals surface area contributed by atoms with Crippen molar-refractivity contribution in [1.29, 1.82) is 0 Å². The van der Waals surface area contributed by atoms with Crippen LogP contribution in [0, 0.1) is 5.92 Å². The van der Waals surface area contributed by atoms with Crippen LogP contribution in [0.25, 0.3) is 0 Å². The van der Waals surface area contributed by atoms with Gasteiger partial charge in [0.2, 0.25) is 11.7 Å². The van der Waals surface area contributed by atoms with Gasteiger partial charge in [-0.15, -0.1) is 0 Å². The molecular weight excluding hydrogens is 600 g/mol. The first-order valence-corrected chi connectivity index (χ1v) is 15.3. The molecule has 1 aliphatic heterocycles. The standard InChI is InChI=1S/C33H40N2O11/c1-6-13(2)26(34)32(42)35-18-10-21(45-14(3)27(18)37)46-20-12-33(43,15(4)36)11-17-23(20)31(41)25-24(29(17)39)28(38)16-8-7-9-19(44-5)22(16)30(25)40/h7-9,13-14,18,20-21,26-27,37,39,41,43H,6,10-12,34H2,1-5H3,(H,35,42)/t13-,14-,18-,20-,21+,26-,27+,33+/m1/s1. The number of aromatic hydroxyl groups is 2. The van der Waals surface area contributed by atoms with Crippen molar-refractivity contribution in [3.63, 3.8) is 0 Å². The number of amides is 1. The largest absolute Gasteiger partial charge is 0.507 e. The zero-order valence-electron chi connectivity index (χ0n) is 26.3. The van der Waals surface area contributed by atoms with E-state index in [0.717, 1.165) is 6.92 Å². The van der Waals surface area contributed by atoms with Gasteiger partial charge in [-0.1, -0.05) is 32.4 Å². The molecule has 13 heteroatoms. The first-order chi connectivity index (χ1) is 21.6. The van der Waals surface area contributed by atoms with Crippen LogP contribution in [0.5, 0.6) is 17.2 Å². The monoisotopic (exact) mass is 640 g/mol. The second-order valence-electron chi connectivity index (χ2n) is 12.5. The van der Waals surface area contributed by atoms with E-state index in [4.69, 9.17) is 19.9 Å². The lowest BCUT2D eigenvalue weighted by molar-refractivity contribution is -0.249. The lowest BCUT2D eigenvalue weighted by Gasteiger charge is -2.43. The Morgan fingerprint density at radius 1 is 1.15 bits per heavy atom. The maximum atomic E-state index is 13.8. The number of ether oxygens (including phenoxy) is 3. The topological polar surface area (TPSA) is 215 Å². The minimum absolute atomic E-state index is 0.0405. The summed E-state index contributed by atoms with van der Waals surface area (Å²) in [5, 5.41) is 48.2. The number of hydrogen-bond acceptors (Lipinski definition) is 12. The molecule has 2 aromatic rings. The molecule has 0 bridgehead atoms. The molecule has 1 saturated heterocycles. The Labute approximate surface area is 265 Å². The quantitative estimate of drug-likeness (QED) is 0.194. The van der Waals surface area contributed by atoms with Crippen molar-refractivity contribution in [1.82, 2.24) is 5.32 Å². The van der Waals surface area contributed by atoms with Crippen molar-refractivity contribution >= 4 is 23.3 Å². The molecule has 0 saturated carbocycles. The SMILES string of the molecule is CC[C@@H](C)[C@@H](N)C(=O)N[C@@H]1C[C@H](O[C@@H]2C[C@](O)(C(C)=O)Cc3c(O)c4c(c(O)c32)C(=O)c2c(OC)cccc2C4=O)O[C@H](C)[C@@H]1O. The van der Waals surface area contributed by atoms with Gasteiger partial charge < -0.3 is 45.7 Å². The highest BCUT2D eigenvalue weighted by Gasteiger charge is 2.49. The van der Waals surface area contributed by atoms with E-state index in [9.17, 15) is 39.6 Å². The molecule has 46 heavy (non-hydrogen) atoms. The third-order valence-electron chi connectivity index (χ3n) is 9.64. The van der Waals surface area contributed by atoms with Gasteiger partial charge in [-0.05, 0) is 25.8 Å². The summed E-state index contributed by atoms with van der Waals surface area (Å²) in [5.74, 6) is -3.97. The fourth-order valence-electron chi connectivity index (χ4n) is 6.56. The molecule has 248 valence electrons. The van der Waals surface area contributed by atoms with E-state index in [2.05, 4.69) is 5.32 Å².